The van der Waals surface area contributed by atoms with Gasteiger partial charge in [0.05, 0.1) is 17.2 Å². The van der Waals surface area contributed by atoms with Gasteiger partial charge >= 0.3 is 0 Å². The zero-order valence-corrected chi connectivity index (χ0v) is 20.7. The zero-order chi connectivity index (χ0) is 25.6. The predicted octanol–water partition coefficient (Wildman–Crippen LogP) is 2.93. The number of hydroxylamine groups is 1. The van der Waals surface area contributed by atoms with Crippen molar-refractivity contribution >= 4 is 33.1 Å². The number of benzene rings is 2. The minimum Gasteiger partial charge on any atom is -0.494 e. The van der Waals surface area contributed by atoms with Crippen LogP contribution in [0, 0.1) is 5.92 Å². The second-order valence-electron chi connectivity index (χ2n) is 8.09. The molecule has 2 aromatic rings. The van der Waals surface area contributed by atoms with Crippen LogP contribution < -0.4 is 20.3 Å². The van der Waals surface area contributed by atoms with Crippen LogP contribution in [0.25, 0.3) is 0 Å². The summed E-state index contributed by atoms with van der Waals surface area (Å²) in [5.41, 5.74) is 3.51. The first-order chi connectivity index (χ1) is 16.6. The van der Waals surface area contributed by atoms with Crippen LogP contribution in [0.4, 0.5) is 11.4 Å². The Morgan fingerprint density at radius 3 is 2.31 bits per heavy atom. The highest BCUT2D eigenvalue weighted by molar-refractivity contribution is 7.89. The Kier molecular flexibility index (Phi) is 8.67. The largest absolute Gasteiger partial charge is 0.494 e. The Labute approximate surface area is 204 Å². The first-order valence-corrected chi connectivity index (χ1v) is 12.6. The summed E-state index contributed by atoms with van der Waals surface area (Å²) in [6, 6.07) is 10.9. The van der Waals surface area contributed by atoms with Gasteiger partial charge in [0.2, 0.25) is 16.1 Å². The fourth-order valence-corrected chi connectivity index (χ4v) is 4.36. The van der Waals surface area contributed by atoms with Crippen LogP contribution in [-0.4, -0.2) is 45.0 Å². The minimum atomic E-state index is -3.83. The van der Waals surface area contributed by atoms with Gasteiger partial charge in [-0.2, -0.15) is 20.4 Å². The van der Waals surface area contributed by atoms with E-state index in [-0.39, 0.29) is 22.5 Å². The van der Waals surface area contributed by atoms with Gasteiger partial charge in [-0.1, -0.05) is 6.92 Å². The smallest absolute Gasteiger partial charge is 0.258 e. The van der Waals surface area contributed by atoms with Crippen molar-refractivity contribution in [1.82, 2.24) is 10.2 Å². The molecule has 188 valence electrons. The van der Waals surface area contributed by atoms with Crippen LogP contribution >= 0.6 is 0 Å². The van der Waals surface area contributed by atoms with Gasteiger partial charge in [-0.25, -0.2) is 8.42 Å². The van der Waals surface area contributed by atoms with E-state index in [0.29, 0.717) is 18.0 Å². The lowest BCUT2D eigenvalue weighted by molar-refractivity contribution is -0.126. The van der Waals surface area contributed by atoms with Crippen LogP contribution in [0.5, 0.6) is 5.75 Å². The molecule has 0 aromatic heterocycles. The standard InChI is InChI=1S/C23H29N5O6S/c1-5-33-19-10-6-17(7-11-19)24-22(30)21(16(4)29)26-25-18-8-12-20(13-9-18)35(31,32)28-23-14(2)15(3)27-34-23/h6-15,21,23,27-28H,5H2,1-4H3,(H,24,30)/t14-,15+,21-,23+/m1/s1. The molecule has 3 rings (SSSR count). The van der Waals surface area contributed by atoms with Crippen LogP contribution in [0.2, 0.25) is 0 Å². The molecule has 1 aliphatic heterocycles. The molecule has 1 amide bonds. The van der Waals surface area contributed by atoms with E-state index in [1.807, 2.05) is 20.8 Å². The molecule has 0 unspecified atom stereocenters. The normalized spacial score (nSPS) is 21.1. The Morgan fingerprint density at radius 1 is 1.11 bits per heavy atom. The average Bonchev–Trinajstić information content (AvgIpc) is 3.12. The first-order valence-electron chi connectivity index (χ1n) is 11.1. The maximum absolute atomic E-state index is 12.6. The maximum Gasteiger partial charge on any atom is 0.258 e. The van der Waals surface area contributed by atoms with Crippen LogP contribution in [0.1, 0.15) is 27.7 Å². The number of ketones is 1. The van der Waals surface area contributed by atoms with E-state index >= 15 is 0 Å². The van der Waals surface area contributed by atoms with Crippen molar-refractivity contribution in [2.24, 2.45) is 16.1 Å². The molecule has 3 N–H and O–H groups in total. The molecule has 11 nitrogen and oxygen atoms in total. The molecule has 1 saturated heterocycles. The monoisotopic (exact) mass is 503 g/mol. The third kappa shape index (κ3) is 6.92. The summed E-state index contributed by atoms with van der Waals surface area (Å²) in [4.78, 5) is 29.9. The molecule has 0 aliphatic carbocycles. The van der Waals surface area contributed by atoms with Gasteiger partial charge in [-0.05, 0) is 69.3 Å². The first kappa shape index (κ1) is 26.4. The van der Waals surface area contributed by atoms with E-state index in [1.54, 1.807) is 24.3 Å². The molecule has 12 heteroatoms. The number of hydrogen-bond acceptors (Lipinski definition) is 9. The third-order valence-corrected chi connectivity index (χ3v) is 6.86. The molecule has 0 bridgehead atoms. The maximum atomic E-state index is 12.6. The van der Waals surface area contributed by atoms with Crippen molar-refractivity contribution in [2.45, 2.75) is 50.9 Å². The molecule has 0 spiro atoms. The minimum absolute atomic E-state index is 0.00588. The van der Waals surface area contributed by atoms with Crippen molar-refractivity contribution < 1.29 is 27.6 Å². The summed E-state index contributed by atoms with van der Waals surface area (Å²) in [5, 5.41) is 10.5. The van der Waals surface area contributed by atoms with Gasteiger partial charge in [0, 0.05) is 17.6 Å². The number of rotatable bonds is 10. The quantitative estimate of drug-likeness (QED) is 0.333. The number of nitrogens with zero attached hydrogens (tertiary/aromatic N) is 2. The van der Waals surface area contributed by atoms with E-state index in [4.69, 9.17) is 9.57 Å². The van der Waals surface area contributed by atoms with E-state index in [9.17, 15) is 18.0 Å². The van der Waals surface area contributed by atoms with E-state index in [2.05, 4.69) is 25.7 Å². The number of hydrogen-bond donors (Lipinski definition) is 3. The summed E-state index contributed by atoms with van der Waals surface area (Å²) >= 11 is 0. The van der Waals surface area contributed by atoms with Gasteiger partial charge in [-0.15, -0.1) is 0 Å². The number of azo groups is 1. The van der Waals surface area contributed by atoms with Gasteiger partial charge in [0.25, 0.3) is 5.91 Å². The van der Waals surface area contributed by atoms with Crippen molar-refractivity contribution in [2.75, 3.05) is 11.9 Å². The average molecular weight is 504 g/mol. The molecule has 4 atom stereocenters. The number of nitrogens with one attached hydrogen (secondary N) is 3. The van der Waals surface area contributed by atoms with Crippen molar-refractivity contribution in [3.63, 3.8) is 0 Å². The SMILES string of the molecule is CCOc1ccc(NC(=O)[C@H](N=Nc2ccc(S(=O)(=O)N[C@H]3ON[C@@H](C)[C@H]3C)cc2)C(C)=O)cc1. The molecule has 1 heterocycles. The van der Waals surface area contributed by atoms with Crippen LogP contribution in [0.15, 0.2) is 63.7 Å². The molecular weight excluding hydrogens is 474 g/mol. The molecular formula is C23H29N5O6S. The summed E-state index contributed by atoms with van der Waals surface area (Å²) < 4.78 is 33.2. The van der Waals surface area contributed by atoms with Gasteiger partial charge in [-0.3, -0.25) is 14.4 Å². The number of sulfonamides is 1. The van der Waals surface area contributed by atoms with Crippen LogP contribution in [0.3, 0.4) is 0 Å². The lowest BCUT2D eigenvalue weighted by atomic mass is 10.1. The van der Waals surface area contributed by atoms with Gasteiger partial charge in [0.15, 0.2) is 5.78 Å². The van der Waals surface area contributed by atoms with Crippen molar-refractivity contribution in [1.29, 1.82) is 0 Å². The summed E-state index contributed by atoms with van der Waals surface area (Å²) in [5.74, 6) is -0.531. The highest BCUT2D eigenvalue weighted by Crippen LogP contribution is 2.22. The summed E-state index contributed by atoms with van der Waals surface area (Å²) in [7, 11) is -3.83. The summed E-state index contributed by atoms with van der Waals surface area (Å²) in [6.45, 7) is 7.40. The number of amides is 1. The highest BCUT2D eigenvalue weighted by atomic mass is 32.2. The predicted molar refractivity (Wildman–Crippen MR) is 129 cm³/mol. The number of Topliss-reactive ketones (excluding diaryl/α,β-unsaturated/α-hetero) is 1. The van der Waals surface area contributed by atoms with Gasteiger partial charge < -0.3 is 10.1 Å². The van der Waals surface area contributed by atoms with E-state index in [1.165, 1.54) is 31.2 Å². The fourth-order valence-electron chi connectivity index (χ4n) is 3.16. The number of carbonyl (C=O) groups is 2. The Morgan fingerprint density at radius 2 is 1.77 bits per heavy atom. The molecule has 1 aliphatic rings. The molecule has 2 aromatic carbocycles. The number of ether oxygens (including phenoxy) is 1. The Balaban J connectivity index is 1.65. The Hall–Kier alpha value is -3.19. The third-order valence-electron chi connectivity index (χ3n) is 5.42. The second-order valence-corrected chi connectivity index (χ2v) is 9.81. The van der Waals surface area contributed by atoms with Crippen molar-refractivity contribution in [3.05, 3.63) is 48.5 Å². The molecule has 1 fully saturated rings. The van der Waals surface area contributed by atoms with Crippen LogP contribution in [-0.2, 0) is 24.4 Å². The molecule has 0 radical (unpaired) electrons. The van der Waals surface area contributed by atoms with Gasteiger partial charge in [0.1, 0.15) is 12.0 Å². The second kappa shape index (κ2) is 11.5. The lowest BCUT2D eigenvalue weighted by Gasteiger charge is -2.16. The lowest BCUT2D eigenvalue weighted by Crippen LogP contribution is -2.38. The number of carbonyl (C=O) groups excluding carboxylic acids is 2. The highest BCUT2D eigenvalue weighted by Gasteiger charge is 2.34. The van der Waals surface area contributed by atoms with E-state index < -0.39 is 34.0 Å². The topological polar surface area (TPSA) is 148 Å². The Bertz CT molecular complexity index is 1170. The molecule has 35 heavy (non-hydrogen) atoms. The molecule has 0 saturated carbocycles. The zero-order valence-electron chi connectivity index (χ0n) is 19.9. The van der Waals surface area contributed by atoms with E-state index in [0.717, 1.165) is 0 Å². The number of anilines is 1. The fraction of sp³-hybridized carbons (Fsp3) is 0.391. The summed E-state index contributed by atoms with van der Waals surface area (Å²) in [6.07, 6.45) is -0.695. The van der Waals surface area contributed by atoms with Crippen molar-refractivity contribution in [3.8, 4) is 5.75 Å².